The summed E-state index contributed by atoms with van der Waals surface area (Å²) in [5, 5.41) is 9.96. The third-order valence-electron chi connectivity index (χ3n) is 7.90. The molecule has 322 valence electrons. The normalized spacial score (nSPS) is 11.9. The largest absolute Gasteiger partial charge is 0.508 e. The number of aliphatic carboxylic acids is 1. The number of rotatable bonds is 14. The Morgan fingerprint density at radius 2 is 0.983 bits per heavy atom. The lowest BCUT2D eigenvalue weighted by molar-refractivity contribution is -0.150. The van der Waals surface area contributed by atoms with E-state index in [2.05, 4.69) is 19.9 Å². The number of hydrogen-bond donors (Lipinski definition) is 1. The van der Waals surface area contributed by atoms with E-state index >= 15 is 0 Å². The van der Waals surface area contributed by atoms with Crippen LogP contribution in [-0.2, 0) is 46.1 Å². The van der Waals surface area contributed by atoms with Crippen molar-refractivity contribution >= 4 is 46.1 Å². The lowest BCUT2D eigenvalue weighted by atomic mass is 9.85. The van der Waals surface area contributed by atoms with Crippen LogP contribution >= 0.6 is 0 Å². The quantitative estimate of drug-likeness (QED) is 0.0738. The Labute approximate surface area is 340 Å². The van der Waals surface area contributed by atoms with Gasteiger partial charge in [0.1, 0.15) is 73.0 Å². The number of aromatic nitrogens is 4. The number of benzene rings is 2. The van der Waals surface area contributed by atoms with Gasteiger partial charge in [-0.3, -0.25) is 9.59 Å². The number of methoxy groups -OCH3 is 1. The predicted molar refractivity (Wildman–Crippen MR) is 209 cm³/mol. The van der Waals surface area contributed by atoms with Gasteiger partial charge < -0.3 is 38.3 Å². The highest BCUT2D eigenvalue weighted by molar-refractivity contribution is 5.86. The molecule has 16 nitrogen and oxygen atoms in total. The average Bonchev–Trinajstić information content (AvgIpc) is 3.10. The molecule has 4 rings (SSSR count). The standard InChI is InChI=1S/C21H27FN2O6.C20H25FN2O6/c1-20(2,3)30-19(26)29-8-7-28-17-14-9-13(11-21(4,5)18(25)27-6)10-15(22)16(14)23-12-24-17;1-19(2,3)29-18(26)28-7-6-27-16-13-8-12(10-20(4,5)17(24)25)9-14(21)15(13)22-11-23-16/h9-10,12H,7-8,11H2,1-6H3;8-9,11H,6-7,10H2,1-5H3,(H,24,25). The van der Waals surface area contributed by atoms with Crippen molar-refractivity contribution < 1.29 is 66.2 Å². The molecule has 1 N–H and O–H groups in total. The van der Waals surface area contributed by atoms with Gasteiger partial charge in [-0.25, -0.2) is 38.3 Å². The van der Waals surface area contributed by atoms with Crippen molar-refractivity contribution in [3.05, 3.63) is 59.7 Å². The molecule has 2 heterocycles. The van der Waals surface area contributed by atoms with E-state index in [0.717, 1.165) is 6.33 Å². The highest BCUT2D eigenvalue weighted by Crippen LogP contribution is 2.31. The fraction of sp³-hybridized carbons (Fsp3) is 0.512. The van der Waals surface area contributed by atoms with E-state index in [0.29, 0.717) is 21.9 Å². The van der Waals surface area contributed by atoms with E-state index in [1.165, 1.54) is 25.6 Å². The summed E-state index contributed by atoms with van der Waals surface area (Å²) in [7, 11) is 1.31. The fourth-order valence-electron chi connectivity index (χ4n) is 5.28. The Morgan fingerprint density at radius 3 is 1.34 bits per heavy atom. The zero-order chi connectivity index (χ0) is 44.3. The number of nitrogens with zero attached hydrogens (tertiary/aromatic N) is 4. The maximum atomic E-state index is 14.6. The van der Waals surface area contributed by atoms with Crippen molar-refractivity contribution in [3.63, 3.8) is 0 Å². The van der Waals surface area contributed by atoms with Gasteiger partial charge in [-0.15, -0.1) is 0 Å². The van der Waals surface area contributed by atoms with Crippen LogP contribution in [0.2, 0.25) is 0 Å². The second kappa shape index (κ2) is 19.7. The first-order chi connectivity index (χ1) is 27.3. The summed E-state index contributed by atoms with van der Waals surface area (Å²) in [6.45, 7) is 16.7. The molecule has 4 aromatic rings. The number of ether oxygens (including phenoxy) is 7. The molecule has 0 unspecified atom stereocenters. The number of carboxylic acids is 1. The average molecular weight is 831 g/mol. The second-order valence-electron chi connectivity index (χ2n) is 16.5. The lowest BCUT2D eigenvalue weighted by Gasteiger charge is -2.21. The third kappa shape index (κ3) is 14.7. The lowest BCUT2D eigenvalue weighted by Crippen LogP contribution is -2.28. The molecular weight excluding hydrogens is 778 g/mol. The molecule has 18 heteroatoms. The van der Waals surface area contributed by atoms with Gasteiger partial charge in [0.2, 0.25) is 11.8 Å². The number of carbonyl (C=O) groups excluding carboxylic acids is 3. The Hall–Kier alpha value is -5.94. The zero-order valence-corrected chi connectivity index (χ0v) is 35.2. The smallest absolute Gasteiger partial charge is 0.481 e. The highest BCUT2D eigenvalue weighted by Gasteiger charge is 2.30. The van der Waals surface area contributed by atoms with Gasteiger partial charge in [-0.1, -0.05) is 0 Å². The summed E-state index contributed by atoms with van der Waals surface area (Å²) in [5.74, 6) is -2.29. The molecule has 0 aliphatic rings. The number of halogens is 2. The van der Waals surface area contributed by atoms with E-state index < -0.39 is 57.9 Å². The van der Waals surface area contributed by atoms with E-state index in [-0.39, 0.29) is 62.1 Å². The third-order valence-corrected chi connectivity index (χ3v) is 7.90. The second-order valence-corrected chi connectivity index (χ2v) is 16.5. The van der Waals surface area contributed by atoms with Crippen LogP contribution in [0.3, 0.4) is 0 Å². The Kier molecular flexibility index (Phi) is 15.8. The summed E-state index contributed by atoms with van der Waals surface area (Å²) in [4.78, 5) is 62.4. The summed E-state index contributed by atoms with van der Waals surface area (Å²) < 4.78 is 64.9. The molecule has 0 saturated carbocycles. The molecule has 2 aromatic carbocycles. The van der Waals surface area contributed by atoms with Crippen LogP contribution < -0.4 is 9.47 Å². The predicted octanol–water partition coefficient (Wildman–Crippen LogP) is 7.59. The first-order valence-corrected chi connectivity index (χ1v) is 18.5. The van der Waals surface area contributed by atoms with Gasteiger partial charge in [0.25, 0.3) is 0 Å². The minimum Gasteiger partial charge on any atom is -0.481 e. The topological polar surface area (TPSA) is 205 Å². The summed E-state index contributed by atoms with van der Waals surface area (Å²) in [6, 6.07) is 5.87. The molecule has 0 radical (unpaired) electrons. The molecule has 0 fully saturated rings. The Bertz CT molecular complexity index is 2130. The molecule has 0 saturated heterocycles. The van der Waals surface area contributed by atoms with Crippen LogP contribution in [0.4, 0.5) is 18.4 Å². The summed E-state index contributed by atoms with van der Waals surface area (Å²) >= 11 is 0. The Morgan fingerprint density at radius 1 is 0.593 bits per heavy atom. The zero-order valence-electron chi connectivity index (χ0n) is 35.2. The molecule has 0 aliphatic carbocycles. The molecule has 0 aliphatic heterocycles. The van der Waals surface area contributed by atoms with Crippen molar-refractivity contribution in [2.24, 2.45) is 10.8 Å². The molecule has 0 amide bonds. The SMILES string of the molecule is CC(C)(C)OC(=O)OCCOc1ncnc2c(F)cc(CC(C)(C)C(=O)O)cc12.COC(=O)C(C)(C)Cc1cc(F)c2ncnc(OCCOC(=O)OC(C)(C)C)c2c1. The number of hydrogen-bond acceptors (Lipinski definition) is 15. The van der Waals surface area contributed by atoms with E-state index in [4.69, 9.17) is 33.2 Å². The monoisotopic (exact) mass is 830 g/mol. The fourth-order valence-corrected chi connectivity index (χ4v) is 5.28. The van der Waals surface area contributed by atoms with Gasteiger partial charge in [0.15, 0.2) is 0 Å². The summed E-state index contributed by atoms with van der Waals surface area (Å²) in [5.41, 5.74) is -2.05. The van der Waals surface area contributed by atoms with Gasteiger partial charge in [0.05, 0.1) is 28.7 Å². The van der Waals surface area contributed by atoms with Crippen molar-refractivity contribution in [3.8, 4) is 11.8 Å². The number of esters is 1. The highest BCUT2D eigenvalue weighted by atomic mass is 19.1. The van der Waals surface area contributed by atoms with Crippen molar-refractivity contribution in [1.82, 2.24) is 19.9 Å². The van der Waals surface area contributed by atoms with E-state index in [1.807, 2.05) is 0 Å². The minimum absolute atomic E-state index is 0.00907. The van der Waals surface area contributed by atoms with Crippen LogP contribution in [0.15, 0.2) is 36.9 Å². The molecular formula is C41H52F2N4O12. The van der Waals surface area contributed by atoms with Crippen molar-refractivity contribution in [2.75, 3.05) is 33.5 Å². The number of carboxylic acid groups (broad SMARTS) is 1. The van der Waals surface area contributed by atoms with Crippen LogP contribution in [0, 0.1) is 22.5 Å². The van der Waals surface area contributed by atoms with Crippen molar-refractivity contribution in [2.45, 2.75) is 93.3 Å². The molecule has 59 heavy (non-hydrogen) atoms. The van der Waals surface area contributed by atoms with Gasteiger partial charge >= 0.3 is 24.2 Å². The number of fused-ring (bicyclic) bond motifs is 2. The van der Waals surface area contributed by atoms with Gasteiger partial charge in [-0.05, 0) is 117 Å². The van der Waals surface area contributed by atoms with Crippen LogP contribution in [0.25, 0.3) is 21.8 Å². The van der Waals surface area contributed by atoms with E-state index in [9.17, 15) is 33.1 Å². The first-order valence-electron chi connectivity index (χ1n) is 18.5. The van der Waals surface area contributed by atoms with Crippen LogP contribution in [0.5, 0.6) is 11.8 Å². The minimum atomic E-state index is -1.07. The van der Waals surface area contributed by atoms with E-state index in [1.54, 1.807) is 81.4 Å². The van der Waals surface area contributed by atoms with Gasteiger partial charge in [-0.2, -0.15) is 0 Å². The Balaban J connectivity index is 0.000000316. The first kappa shape index (κ1) is 47.4. The maximum absolute atomic E-state index is 14.6. The van der Waals surface area contributed by atoms with Crippen LogP contribution in [0.1, 0.15) is 80.4 Å². The molecule has 0 spiro atoms. The maximum Gasteiger partial charge on any atom is 0.508 e. The van der Waals surface area contributed by atoms with Crippen molar-refractivity contribution in [1.29, 1.82) is 0 Å². The molecule has 0 atom stereocenters. The molecule has 2 aromatic heterocycles. The number of carbonyl (C=O) groups is 4. The van der Waals surface area contributed by atoms with Gasteiger partial charge in [0, 0.05) is 0 Å². The molecule has 0 bridgehead atoms. The van der Waals surface area contributed by atoms with Crippen LogP contribution in [-0.4, -0.2) is 94.0 Å². The summed E-state index contributed by atoms with van der Waals surface area (Å²) in [6.07, 6.45) is 1.09.